The number of nitrogens with one attached hydrogen (secondary N) is 1. The molecule has 0 aliphatic carbocycles. The van der Waals surface area contributed by atoms with Gasteiger partial charge in [-0.2, -0.15) is 23.3 Å². The molecule has 108 valence electrons. The summed E-state index contributed by atoms with van der Waals surface area (Å²) in [4.78, 5) is 3.63. The Labute approximate surface area is 116 Å². The van der Waals surface area contributed by atoms with E-state index in [0.29, 0.717) is 0 Å². The standard InChI is InChI=1S/C10H7ClF3N3O2S/c1-20(18,19)9-15-8(16-17-9)6-4-5(10(12,13)14)2-3-7(6)11/h2-4H,1H3,(H,15,16,17). The van der Waals surface area contributed by atoms with Gasteiger partial charge in [-0.3, -0.25) is 0 Å². The predicted octanol–water partition coefficient (Wildman–Crippen LogP) is 2.55. The molecule has 1 aromatic heterocycles. The van der Waals surface area contributed by atoms with Gasteiger partial charge in [0.25, 0.3) is 0 Å². The maximum Gasteiger partial charge on any atom is 0.416 e. The Balaban J connectivity index is 2.55. The summed E-state index contributed by atoms with van der Waals surface area (Å²) in [6.45, 7) is 0. The summed E-state index contributed by atoms with van der Waals surface area (Å²) in [5.41, 5.74) is -1.03. The van der Waals surface area contributed by atoms with Crippen molar-refractivity contribution in [2.24, 2.45) is 0 Å². The van der Waals surface area contributed by atoms with Gasteiger partial charge in [-0.25, -0.2) is 13.5 Å². The van der Waals surface area contributed by atoms with Crippen molar-refractivity contribution in [2.45, 2.75) is 11.3 Å². The van der Waals surface area contributed by atoms with Gasteiger partial charge in [-0.05, 0) is 18.2 Å². The summed E-state index contributed by atoms with van der Waals surface area (Å²) < 4.78 is 60.4. The molecule has 5 nitrogen and oxygen atoms in total. The van der Waals surface area contributed by atoms with Crippen LogP contribution in [0.2, 0.25) is 5.02 Å². The van der Waals surface area contributed by atoms with Crippen LogP contribution in [0.15, 0.2) is 23.4 Å². The van der Waals surface area contributed by atoms with Crippen LogP contribution in [-0.4, -0.2) is 29.9 Å². The second-order valence-electron chi connectivity index (χ2n) is 3.93. The number of halogens is 4. The largest absolute Gasteiger partial charge is 0.416 e. The Morgan fingerprint density at radius 2 is 1.95 bits per heavy atom. The Hall–Kier alpha value is -1.61. The number of sulfone groups is 1. The quantitative estimate of drug-likeness (QED) is 0.920. The first-order chi connectivity index (χ1) is 9.09. The van der Waals surface area contributed by atoms with Crippen molar-refractivity contribution in [2.75, 3.05) is 6.26 Å². The van der Waals surface area contributed by atoms with E-state index in [2.05, 4.69) is 15.2 Å². The molecule has 1 heterocycles. The molecule has 2 rings (SSSR count). The van der Waals surface area contributed by atoms with Crippen molar-refractivity contribution in [1.29, 1.82) is 0 Å². The lowest BCUT2D eigenvalue weighted by Gasteiger charge is -2.08. The number of H-pyrrole nitrogens is 1. The lowest BCUT2D eigenvalue weighted by atomic mass is 10.1. The van der Waals surface area contributed by atoms with Crippen LogP contribution in [0, 0.1) is 0 Å². The number of hydrogen-bond acceptors (Lipinski definition) is 4. The van der Waals surface area contributed by atoms with Crippen LogP contribution in [0.25, 0.3) is 11.4 Å². The molecule has 1 N–H and O–H groups in total. The molecule has 2 aromatic rings. The van der Waals surface area contributed by atoms with E-state index in [1.165, 1.54) is 0 Å². The SMILES string of the molecule is CS(=O)(=O)c1nc(-c2cc(C(F)(F)F)ccc2Cl)n[nH]1. The molecule has 1 aromatic carbocycles. The number of hydrogen-bond donors (Lipinski definition) is 1. The zero-order valence-electron chi connectivity index (χ0n) is 9.86. The average Bonchev–Trinajstić information content (AvgIpc) is 2.76. The summed E-state index contributed by atoms with van der Waals surface area (Å²) in [6.07, 6.45) is -3.65. The third-order valence-corrected chi connectivity index (χ3v) is 3.57. The van der Waals surface area contributed by atoms with Crippen LogP contribution < -0.4 is 0 Å². The van der Waals surface area contributed by atoms with Crippen LogP contribution in [0.1, 0.15) is 5.56 Å². The number of benzene rings is 1. The van der Waals surface area contributed by atoms with Crippen molar-refractivity contribution < 1.29 is 21.6 Å². The molecular formula is C10H7ClF3N3O2S. The van der Waals surface area contributed by atoms with E-state index in [1.807, 2.05) is 0 Å². The van der Waals surface area contributed by atoms with Crippen molar-refractivity contribution in [3.8, 4) is 11.4 Å². The highest BCUT2D eigenvalue weighted by Crippen LogP contribution is 2.34. The second-order valence-corrected chi connectivity index (χ2v) is 6.27. The number of alkyl halides is 3. The van der Waals surface area contributed by atoms with E-state index in [4.69, 9.17) is 11.6 Å². The first kappa shape index (κ1) is 14.8. The summed E-state index contributed by atoms with van der Waals surface area (Å²) in [5, 5.41) is 5.25. The van der Waals surface area contributed by atoms with Gasteiger partial charge in [0.1, 0.15) is 0 Å². The van der Waals surface area contributed by atoms with Gasteiger partial charge in [0.2, 0.25) is 15.0 Å². The van der Waals surface area contributed by atoms with Gasteiger partial charge in [-0.15, -0.1) is 0 Å². The number of nitrogens with zero attached hydrogens (tertiary/aromatic N) is 2. The molecule has 0 unspecified atom stereocenters. The van der Waals surface area contributed by atoms with E-state index in [9.17, 15) is 21.6 Å². The third kappa shape index (κ3) is 2.93. The third-order valence-electron chi connectivity index (χ3n) is 2.35. The van der Waals surface area contributed by atoms with Gasteiger partial charge in [0.05, 0.1) is 10.6 Å². The fourth-order valence-electron chi connectivity index (χ4n) is 1.41. The molecular weight excluding hydrogens is 319 g/mol. The predicted molar refractivity (Wildman–Crippen MR) is 64.9 cm³/mol. The molecule has 0 aliphatic heterocycles. The van der Waals surface area contributed by atoms with E-state index in [-0.39, 0.29) is 16.4 Å². The van der Waals surface area contributed by atoms with E-state index >= 15 is 0 Å². The van der Waals surface area contributed by atoms with Crippen LogP contribution in [0.4, 0.5) is 13.2 Å². The van der Waals surface area contributed by atoms with E-state index in [1.54, 1.807) is 0 Å². The van der Waals surface area contributed by atoms with Crippen LogP contribution in [0.3, 0.4) is 0 Å². The second kappa shape index (κ2) is 4.74. The molecule has 0 bridgehead atoms. The maximum atomic E-state index is 12.6. The van der Waals surface area contributed by atoms with E-state index < -0.39 is 26.7 Å². The fraction of sp³-hybridized carbons (Fsp3) is 0.200. The van der Waals surface area contributed by atoms with Crippen molar-refractivity contribution in [3.63, 3.8) is 0 Å². The summed E-state index contributed by atoms with van der Waals surface area (Å²) in [5.74, 6) is -0.221. The van der Waals surface area contributed by atoms with Crippen molar-refractivity contribution in [3.05, 3.63) is 28.8 Å². The lowest BCUT2D eigenvalue weighted by Crippen LogP contribution is -2.05. The first-order valence-corrected chi connectivity index (χ1v) is 7.35. The minimum Gasteiger partial charge on any atom is -0.249 e. The van der Waals surface area contributed by atoms with E-state index in [0.717, 1.165) is 24.5 Å². The zero-order chi connectivity index (χ0) is 15.1. The van der Waals surface area contributed by atoms with Crippen LogP contribution >= 0.6 is 11.6 Å². The zero-order valence-corrected chi connectivity index (χ0v) is 11.4. The normalized spacial score (nSPS) is 12.7. The molecule has 0 spiro atoms. The Kier molecular flexibility index (Phi) is 3.51. The molecule has 0 atom stereocenters. The minimum absolute atomic E-state index is 0.0166. The monoisotopic (exact) mass is 325 g/mol. The molecule has 0 saturated carbocycles. The highest BCUT2D eigenvalue weighted by Gasteiger charge is 2.31. The Bertz CT molecular complexity index is 755. The highest BCUT2D eigenvalue weighted by molar-refractivity contribution is 7.90. The smallest absolute Gasteiger partial charge is 0.249 e. The van der Waals surface area contributed by atoms with Gasteiger partial charge in [0.15, 0.2) is 5.82 Å². The Morgan fingerprint density at radius 1 is 1.30 bits per heavy atom. The van der Waals surface area contributed by atoms with Crippen molar-refractivity contribution >= 4 is 21.4 Å². The summed E-state index contributed by atoms with van der Waals surface area (Å²) >= 11 is 5.79. The van der Waals surface area contributed by atoms with Crippen LogP contribution in [-0.2, 0) is 16.0 Å². The van der Waals surface area contributed by atoms with Gasteiger partial charge in [0, 0.05) is 11.8 Å². The molecule has 0 radical (unpaired) electrons. The van der Waals surface area contributed by atoms with Crippen LogP contribution in [0.5, 0.6) is 0 Å². The highest BCUT2D eigenvalue weighted by atomic mass is 35.5. The summed E-state index contributed by atoms with van der Waals surface area (Å²) in [6, 6.07) is 2.63. The lowest BCUT2D eigenvalue weighted by molar-refractivity contribution is -0.137. The molecule has 20 heavy (non-hydrogen) atoms. The molecule has 0 saturated heterocycles. The summed E-state index contributed by atoms with van der Waals surface area (Å²) in [7, 11) is -3.64. The maximum absolute atomic E-state index is 12.6. The fourth-order valence-corrected chi connectivity index (χ4v) is 2.07. The molecule has 10 heteroatoms. The first-order valence-electron chi connectivity index (χ1n) is 5.08. The molecule has 0 fully saturated rings. The minimum atomic E-state index is -4.55. The van der Waals surface area contributed by atoms with Gasteiger partial charge >= 0.3 is 6.18 Å². The molecule has 0 aliphatic rings. The number of aromatic nitrogens is 3. The topological polar surface area (TPSA) is 75.7 Å². The van der Waals surface area contributed by atoms with Gasteiger partial charge < -0.3 is 0 Å². The van der Waals surface area contributed by atoms with Gasteiger partial charge in [-0.1, -0.05) is 11.6 Å². The van der Waals surface area contributed by atoms with Crippen molar-refractivity contribution in [1.82, 2.24) is 15.2 Å². The number of aromatic amines is 1. The Morgan fingerprint density at radius 3 is 2.45 bits per heavy atom. The molecule has 0 amide bonds. The number of rotatable bonds is 2. The average molecular weight is 326 g/mol.